The van der Waals surface area contributed by atoms with Gasteiger partial charge in [0.1, 0.15) is 17.5 Å². The third-order valence-electron chi connectivity index (χ3n) is 1.57. The van der Waals surface area contributed by atoms with Crippen LogP contribution in [0.25, 0.3) is 11.4 Å². The van der Waals surface area contributed by atoms with Gasteiger partial charge in [-0.15, -0.1) is 0 Å². The lowest BCUT2D eigenvalue weighted by Gasteiger charge is -1.97. The van der Waals surface area contributed by atoms with Gasteiger partial charge >= 0.3 is 0 Å². The number of hydrogen-bond donors (Lipinski definition) is 0. The minimum absolute atomic E-state index is 0.271. The Morgan fingerprint density at radius 2 is 1.86 bits per heavy atom. The summed E-state index contributed by atoms with van der Waals surface area (Å²) in [5.74, 6) is 0. The van der Waals surface area contributed by atoms with E-state index in [9.17, 15) is 0 Å². The highest BCUT2D eigenvalue weighted by Crippen LogP contribution is 2.10. The Hall–Kier alpha value is -2.35. The second-order valence-electron chi connectivity index (χ2n) is 2.49. The molecule has 0 unspecified atom stereocenters. The molecular formula is C9H5N5. The molecule has 0 saturated heterocycles. The van der Waals surface area contributed by atoms with Gasteiger partial charge in [-0.25, -0.2) is 4.98 Å². The first-order valence-electron chi connectivity index (χ1n) is 3.88. The molecule has 0 radical (unpaired) electrons. The lowest BCUT2D eigenvalue weighted by atomic mass is 10.3. The van der Waals surface area contributed by atoms with Crippen molar-refractivity contribution in [1.82, 2.24) is 19.9 Å². The van der Waals surface area contributed by atoms with Crippen molar-refractivity contribution in [3.05, 3.63) is 36.7 Å². The Balaban J connectivity index is 2.49. The highest BCUT2D eigenvalue weighted by atomic mass is 14.9. The Kier molecular flexibility index (Phi) is 2.11. The van der Waals surface area contributed by atoms with E-state index in [1.165, 1.54) is 6.20 Å². The van der Waals surface area contributed by atoms with Crippen LogP contribution in [0.4, 0.5) is 0 Å². The molecule has 0 spiro atoms. The van der Waals surface area contributed by atoms with Crippen LogP contribution >= 0.6 is 0 Å². The van der Waals surface area contributed by atoms with E-state index >= 15 is 0 Å². The predicted octanol–water partition coefficient (Wildman–Crippen LogP) is 0.805. The molecule has 14 heavy (non-hydrogen) atoms. The molecule has 0 amide bonds. The Bertz CT molecular complexity index is 474. The highest BCUT2D eigenvalue weighted by Gasteiger charge is 2.01. The van der Waals surface area contributed by atoms with Crippen LogP contribution in [0.15, 0.2) is 31.0 Å². The summed E-state index contributed by atoms with van der Waals surface area (Å²) in [5, 5.41) is 8.62. The standard InChI is InChI=1S/C9H5N5/c10-3-7-4-12-6-9(14-7)8-5-11-1-2-13-8/h1-2,4-6H. The molecule has 0 aliphatic rings. The van der Waals surface area contributed by atoms with E-state index in [-0.39, 0.29) is 5.69 Å². The van der Waals surface area contributed by atoms with Crippen LogP contribution < -0.4 is 0 Å². The highest BCUT2D eigenvalue weighted by molar-refractivity contribution is 5.51. The topological polar surface area (TPSA) is 75.3 Å². The van der Waals surface area contributed by atoms with E-state index in [4.69, 9.17) is 5.26 Å². The molecule has 66 valence electrons. The summed E-state index contributed by atoms with van der Waals surface area (Å²) in [7, 11) is 0. The zero-order valence-corrected chi connectivity index (χ0v) is 7.12. The average molecular weight is 183 g/mol. The summed E-state index contributed by atoms with van der Waals surface area (Å²) in [4.78, 5) is 15.9. The van der Waals surface area contributed by atoms with E-state index in [1.807, 2.05) is 6.07 Å². The Labute approximate surface area is 80.1 Å². The van der Waals surface area contributed by atoms with Crippen LogP contribution in [0.5, 0.6) is 0 Å². The van der Waals surface area contributed by atoms with Crippen LogP contribution in [0.2, 0.25) is 0 Å². The fourth-order valence-electron chi connectivity index (χ4n) is 0.975. The summed E-state index contributed by atoms with van der Waals surface area (Å²) in [5.41, 5.74) is 1.43. The van der Waals surface area contributed by atoms with Gasteiger partial charge in [0.25, 0.3) is 0 Å². The maximum Gasteiger partial charge on any atom is 0.159 e. The molecule has 5 heteroatoms. The fourth-order valence-corrected chi connectivity index (χ4v) is 0.975. The molecule has 0 saturated carbocycles. The zero-order valence-electron chi connectivity index (χ0n) is 7.12. The molecule has 2 aromatic rings. The number of hydrogen-bond acceptors (Lipinski definition) is 5. The van der Waals surface area contributed by atoms with Crippen molar-refractivity contribution in [3.8, 4) is 17.5 Å². The molecule has 0 atom stereocenters. The minimum atomic E-state index is 0.271. The third-order valence-corrected chi connectivity index (χ3v) is 1.57. The third kappa shape index (κ3) is 1.54. The maximum absolute atomic E-state index is 8.62. The number of nitrogens with zero attached hydrogens (tertiary/aromatic N) is 5. The predicted molar refractivity (Wildman–Crippen MR) is 47.8 cm³/mol. The first kappa shape index (κ1) is 8.26. The summed E-state index contributed by atoms with van der Waals surface area (Å²) in [6.07, 6.45) is 7.66. The van der Waals surface area contributed by atoms with Crippen molar-refractivity contribution in [1.29, 1.82) is 5.26 Å². The van der Waals surface area contributed by atoms with E-state index < -0.39 is 0 Å². The van der Waals surface area contributed by atoms with E-state index in [1.54, 1.807) is 24.8 Å². The smallest absolute Gasteiger partial charge is 0.159 e. The van der Waals surface area contributed by atoms with Crippen LogP contribution in [0.3, 0.4) is 0 Å². The number of nitriles is 1. The largest absolute Gasteiger partial charge is 0.261 e. The normalized spacial score (nSPS) is 9.36. The molecule has 2 rings (SSSR count). The SMILES string of the molecule is N#Cc1cncc(-c2cnccn2)n1. The molecule has 2 heterocycles. The first-order valence-corrected chi connectivity index (χ1v) is 3.88. The number of rotatable bonds is 1. The first-order chi connectivity index (χ1) is 6.90. The molecule has 5 nitrogen and oxygen atoms in total. The van der Waals surface area contributed by atoms with Crippen molar-refractivity contribution < 1.29 is 0 Å². The van der Waals surface area contributed by atoms with Crippen LogP contribution in [-0.4, -0.2) is 19.9 Å². The zero-order chi connectivity index (χ0) is 9.80. The monoisotopic (exact) mass is 183 g/mol. The molecular weight excluding hydrogens is 178 g/mol. The van der Waals surface area contributed by atoms with Gasteiger partial charge in [0.2, 0.25) is 0 Å². The van der Waals surface area contributed by atoms with Gasteiger partial charge < -0.3 is 0 Å². The summed E-state index contributed by atoms with van der Waals surface area (Å²) < 4.78 is 0. The van der Waals surface area contributed by atoms with Gasteiger partial charge in [-0.2, -0.15) is 5.26 Å². The van der Waals surface area contributed by atoms with Crippen molar-refractivity contribution in [2.45, 2.75) is 0 Å². The maximum atomic E-state index is 8.62. The van der Waals surface area contributed by atoms with E-state index in [2.05, 4.69) is 19.9 Å². The van der Waals surface area contributed by atoms with E-state index in [0.29, 0.717) is 11.4 Å². The van der Waals surface area contributed by atoms with Crippen molar-refractivity contribution in [3.63, 3.8) is 0 Å². The van der Waals surface area contributed by atoms with Crippen molar-refractivity contribution in [2.24, 2.45) is 0 Å². The Morgan fingerprint density at radius 1 is 1.00 bits per heavy atom. The van der Waals surface area contributed by atoms with Crippen LogP contribution in [-0.2, 0) is 0 Å². The summed E-state index contributed by atoms with van der Waals surface area (Å²) in [6.45, 7) is 0. The lowest BCUT2D eigenvalue weighted by molar-refractivity contribution is 1.12. The van der Waals surface area contributed by atoms with Crippen LogP contribution in [0, 0.1) is 11.3 Å². The van der Waals surface area contributed by atoms with Gasteiger partial charge in [0.05, 0.1) is 18.6 Å². The molecule has 0 aliphatic carbocycles. The van der Waals surface area contributed by atoms with Gasteiger partial charge in [0, 0.05) is 12.4 Å². The second-order valence-corrected chi connectivity index (χ2v) is 2.49. The van der Waals surface area contributed by atoms with Gasteiger partial charge in [-0.3, -0.25) is 15.0 Å². The van der Waals surface area contributed by atoms with Gasteiger partial charge in [-0.1, -0.05) is 0 Å². The van der Waals surface area contributed by atoms with Crippen molar-refractivity contribution >= 4 is 0 Å². The van der Waals surface area contributed by atoms with Gasteiger partial charge in [0.15, 0.2) is 5.69 Å². The molecule has 2 aromatic heterocycles. The van der Waals surface area contributed by atoms with Crippen molar-refractivity contribution in [2.75, 3.05) is 0 Å². The summed E-state index contributed by atoms with van der Waals surface area (Å²) in [6, 6.07) is 1.92. The molecule has 0 bridgehead atoms. The molecule has 0 fully saturated rings. The van der Waals surface area contributed by atoms with E-state index in [0.717, 1.165) is 0 Å². The molecule has 0 aliphatic heterocycles. The molecule has 0 aromatic carbocycles. The average Bonchev–Trinajstić information content (AvgIpc) is 2.30. The quantitative estimate of drug-likeness (QED) is 0.653. The second kappa shape index (κ2) is 3.58. The van der Waals surface area contributed by atoms with Gasteiger partial charge in [-0.05, 0) is 0 Å². The summed E-state index contributed by atoms with van der Waals surface area (Å²) >= 11 is 0. The lowest BCUT2D eigenvalue weighted by Crippen LogP contribution is -1.92. The minimum Gasteiger partial charge on any atom is -0.261 e. The number of aromatic nitrogens is 4. The molecule has 0 N–H and O–H groups in total. The fraction of sp³-hybridized carbons (Fsp3) is 0. The Morgan fingerprint density at radius 3 is 2.57 bits per heavy atom. The van der Waals surface area contributed by atoms with Crippen LogP contribution in [0.1, 0.15) is 5.69 Å².